The number of aliphatic hydroxyl groups is 2. The van der Waals surface area contributed by atoms with Crippen molar-refractivity contribution in [3.8, 4) is 0 Å². The Morgan fingerprint density at radius 1 is 1.21 bits per heavy atom. The van der Waals surface area contributed by atoms with Gasteiger partial charge in [0.05, 0.1) is 11.7 Å². The first-order valence-electron chi connectivity index (χ1n) is 5.98. The molecule has 0 radical (unpaired) electrons. The zero-order valence-corrected chi connectivity index (χ0v) is 9.50. The first-order valence-corrected chi connectivity index (χ1v) is 5.98. The fourth-order valence-corrected chi connectivity index (χ4v) is 2.34. The van der Waals surface area contributed by atoms with Crippen LogP contribution >= 0.6 is 0 Å². The summed E-state index contributed by atoms with van der Waals surface area (Å²) < 4.78 is 0. The zero-order valence-electron chi connectivity index (χ0n) is 9.50. The van der Waals surface area contributed by atoms with Gasteiger partial charge in [-0.1, -0.05) is 32.6 Å². The van der Waals surface area contributed by atoms with E-state index >= 15 is 0 Å². The van der Waals surface area contributed by atoms with Gasteiger partial charge in [0.1, 0.15) is 0 Å². The van der Waals surface area contributed by atoms with Gasteiger partial charge in [-0.2, -0.15) is 0 Å². The van der Waals surface area contributed by atoms with Gasteiger partial charge in [0.2, 0.25) is 0 Å². The predicted octanol–water partition coefficient (Wildman–Crippen LogP) is 2.48. The van der Waals surface area contributed by atoms with Crippen molar-refractivity contribution in [3.05, 3.63) is 0 Å². The van der Waals surface area contributed by atoms with Gasteiger partial charge < -0.3 is 10.2 Å². The van der Waals surface area contributed by atoms with Crippen LogP contribution in [0.4, 0.5) is 0 Å². The SMILES string of the molecule is CCC(C)(O)C(O)C1CCCCCC1. The third-order valence-electron chi connectivity index (χ3n) is 3.70. The molecule has 1 saturated carbocycles. The van der Waals surface area contributed by atoms with Gasteiger partial charge in [-0.15, -0.1) is 0 Å². The van der Waals surface area contributed by atoms with E-state index in [0.717, 1.165) is 12.8 Å². The summed E-state index contributed by atoms with van der Waals surface area (Å²) >= 11 is 0. The van der Waals surface area contributed by atoms with Crippen LogP contribution in [-0.4, -0.2) is 21.9 Å². The Balaban J connectivity index is 2.53. The minimum absolute atomic E-state index is 0.312. The van der Waals surface area contributed by atoms with Crippen LogP contribution in [0.15, 0.2) is 0 Å². The lowest BCUT2D eigenvalue weighted by molar-refractivity contribution is -0.0933. The van der Waals surface area contributed by atoms with E-state index in [1.807, 2.05) is 6.92 Å². The summed E-state index contributed by atoms with van der Waals surface area (Å²) in [5.41, 5.74) is -0.894. The lowest BCUT2D eigenvalue weighted by atomic mass is 9.82. The highest BCUT2D eigenvalue weighted by Gasteiger charge is 2.34. The third kappa shape index (κ3) is 2.96. The molecule has 1 rings (SSSR count). The highest BCUT2D eigenvalue weighted by Crippen LogP contribution is 2.31. The van der Waals surface area contributed by atoms with E-state index in [9.17, 15) is 10.2 Å². The van der Waals surface area contributed by atoms with Crippen molar-refractivity contribution in [2.24, 2.45) is 5.92 Å². The minimum atomic E-state index is -0.894. The molecule has 2 N–H and O–H groups in total. The molecule has 14 heavy (non-hydrogen) atoms. The van der Waals surface area contributed by atoms with Crippen molar-refractivity contribution in [1.82, 2.24) is 0 Å². The Kier molecular flexibility index (Phi) is 4.39. The molecule has 2 heteroatoms. The normalized spacial score (nSPS) is 26.6. The van der Waals surface area contributed by atoms with Crippen LogP contribution in [0.1, 0.15) is 58.8 Å². The standard InChI is InChI=1S/C12H24O2/c1-3-12(2,14)11(13)10-8-6-4-5-7-9-10/h10-11,13-14H,3-9H2,1-2H3. The van der Waals surface area contributed by atoms with Crippen LogP contribution in [0.2, 0.25) is 0 Å². The molecule has 0 saturated heterocycles. The van der Waals surface area contributed by atoms with Gasteiger partial charge in [0.15, 0.2) is 0 Å². The van der Waals surface area contributed by atoms with Crippen molar-refractivity contribution < 1.29 is 10.2 Å². The second kappa shape index (κ2) is 5.13. The van der Waals surface area contributed by atoms with Crippen molar-refractivity contribution in [3.63, 3.8) is 0 Å². The summed E-state index contributed by atoms with van der Waals surface area (Å²) in [5.74, 6) is 0.312. The minimum Gasteiger partial charge on any atom is -0.390 e. The van der Waals surface area contributed by atoms with Crippen molar-refractivity contribution in [2.45, 2.75) is 70.5 Å². The van der Waals surface area contributed by atoms with E-state index < -0.39 is 11.7 Å². The molecule has 2 unspecified atom stereocenters. The molecule has 0 aromatic carbocycles. The first kappa shape index (κ1) is 12.0. The quantitative estimate of drug-likeness (QED) is 0.687. The average Bonchev–Trinajstić information content (AvgIpc) is 2.44. The molecule has 1 aliphatic rings. The second-order valence-electron chi connectivity index (χ2n) is 4.91. The molecule has 0 amide bonds. The summed E-state index contributed by atoms with van der Waals surface area (Å²) in [7, 11) is 0. The van der Waals surface area contributed by atoms with Crippen LogP contribution in [0.5, 0.6) is 0 Å². The van der Waals surface area contributed by atoms with Crippen LogP contribution in [0.3, 0.4) is 0 Å². The first-order chi connectivity index (χ1) is 6.58. The summed E-state index contributed by atoms with van der Waals surface area (Å²) in [5, 5.41) is 20.1. The summed E-state index contributed by atoms with van der Waals surface area (Å²) in [6.45, 7) is 3.68. The van der Waals surface area contributed by atoms with Crippen LogP contribution in [-0.2, 0) is 0 Å². The Morgan fingerprint density at radius 2 is 1.71 bits per heavy atom. The molecule has 0 spiro atoms. The van der Waals surface area contributed by atoms with Crippen molar-refractivity contribution in [1.29, 1.82) is 0 Å². The van der Waals surface area contributed by atoms with E-state index in [1.165, 1.54) is 25.7 Å². The van der Waals surface area contributed by atoms with E-state index in [4.69, 9.17) is 0 Å². The molecule has 1 aliphatic carbocycles. The predicted molar refractivity (Wildman–Crippen MR) is 58.1 cm³/mol. The summed E-state index contributed by atoms with van der Waals surface area (Å²) in [6.07, 6.45) is 7.25. The molecule has 0 aromatic rings. The molecular formula is C12H24O2. The molecule has 84 valence electrons. The van der Waals surface area contributed by atoms with E-state index in [1.54, 1.807) is 6.92 Å². The van der Waals surface area contributed by atoms with Gasteiger partial charge in [-0.3, -0.25) is 0 Å². The average molecular weight is 200 g/mol. The maximum absolute atomic E-state index is 10.1. The van der Waals surface area contributed by atoms with Crippen LogP contribution in [0, 0.1) is 5.92 Å². The number of aliphatic hydroxyl groups excluding tert-OH is 1. The Hall–Kier alpha value is -0.0800. The van der Waals surface area contributed by atoms with Crippen LogP contribution < -0.4 is 0 Å². The fraction of sp³-hybridized carbons (Fsp3) is 1.00. The number of hydrogen-bond donors (Lipinski definition) is 2. The van der Waals surface area contributed by atoms with Gasteiger partial charge in [-0.05, 0) is 32.1 Å². The maximum atomic E-state index is 10.1. The molecule has 0 heterocycles. The van der Waals surface area contributed by atoms with Gasteiger partial charge >= 0.3 is 0 Å². The lowest BCUT2D eigenvalue weighted by Gasteiger charge is -2.33. The maximum Gasteiger partial charge on any atom is 0.0877 e. The number of rotatable bonds is 3. The van der Waals surface area contributed by atoms with E-state index in [-0.39, 0.29) is 0 Å². The van der Waals surface area contributed by atoms with Gasteiger partial charge in [0, 0.05) is 0 Å². The molecular weight excluding hydrogens is 176 g/mol. The van der Waals surface area contributed by atoms with Crippen molar-refractivity contribution in [2.75, 3.05) is 0 Å². The Labute approximate surface area is 87.3 Å². The third-order valence-corrected chi connectivity index (χ3v) is 3.70. The van der Waals surface area contributed by atoms with Gasteiger partial charge in [-0.25, -0.2) is 0 Å². The summed E-state index contributed by atoms with van der Waals surface area (Å²) in [6, 6.07) is 0. The molecule has 2 nitrogen and oxygen atoms in total. The largest absolute Gasteiger partial charge is 0.390 e. The lowest BCUT2D eigenvalue weighted by Crippen LogP contribution is -2.43. The van der Waals surface area contributed by atoms with E-state index in [0.29, 0.717) is 12.3 Å². The highest BCUT2D eigenvalue weighted by molar-refractivity contribution is 4.86. The van der Waals surface area contributed by atoms with E-state index in [2.05, 4.69) is 0 Å². The van der Waals surface area contributed by atoms with Crippen LogP contribution in [0.25, 0.3) is 0 Å². The van der Waals surface area contributed by atoms with Gasteiger partial charge in [0.25, 0.3) is 0 Å². The molecule has 0 bridgehead atoms. The Bertz CT molecular complexity index is 158. The number of hydrogen-bond acceptors (Lipinski definition) is 2. The molecule has 0 aliphatic heterocycles. The monoisotopic (exact) mass is 200 g/mol. The smallest absolute Gasteiger partial charge is 0.0877 e. The highest BCUT2D eigenvalue weighted by atomic mass is 16.3. The molecule has 0 aromatic heterocycles. The molecule has 1 fully saturated rings. The zero-order chi connectivity index (χ0) is 10.6. The Morgan fingerprint density at radius 3 is 2.14 bits per heavy atom. The fourth-order valence-electron chi connectivity index (χ4n) is 2.34. The molecule has 2 atom stereocenters. The topological polar surface area (TPSA) is 40.5 Å². The summed E-state index contributed by atoms with van der Waals surface area (Å²) in [4.78, 5) is 0. The van der Waals surface area contributed by atoms with Crippen molar-refractivity contribution >= 4 is 0 Å². The second-order valence-corrected chi connectivity index (χ2v) is 4.91.